The number of para-hydroxylation sites is 1. The van der Waals surface area contributed by atoms with Crippen LogP contribution in [0.3, 0.4) is 0 Å². The summed E-state index contributed by atoms with van der Waals surface area (Å²) in [4.78, 5) is 14.1. The highest BCUT2D eigenvalue weighted by Gasteiger charge is 2.05. The van der Waals surface area contributed by atoms with Gasteiger partial charge < -0.3 is 9.72 Å². The van der Waals surface area contributed by atoms with Crippen molar-refractivity contribution in [2.45, 2.75) is 6.92 Å². The Hall–Kier alpha value is -2.30. The Morgan fingerprint density at radius 2 is 2.24 bits per heavy atom. The van der Waals surface area contributed by atoms with E-state index in [1.807, 2.05) is 31.2 Å². The predicted octanol–water partition coefficient (Wildman–Crippen LogP) is 2.17. The minimum Gasteiger partial charge on any atom is -0.452 e. The molecule has 5 heteroatoms. The number of hydrogen-bond donors (Lipinski definition) is 2. The Morgan fingerprint density at radius 1 is 1.47 bits per heavy atom. The molecule has 88 valence electrons. The van der Waals surface area contributed by atoms with Gasteiger partial charge >= 0.3 is 6.09 Å². The van der Waals surface area contributed by atoms with Crippen LogP contribution in [-0.4, -0.2) is 24.4 Å². The number of aryl methyl sites for hydroxylation is 1. The van der Waals surface area contributed by atoms with E-state index in [4.69, 9.17) is 0 Å². The number of rotatable bonds is 2. The number of benzene rings is 1. The molecule has 1 amide bonds. The fraction of sp³-hybridized carbons (Fsp3) is 0.167. The number of hydrogen-bond acceptors (Lipinski definition) is 3. The lowest BCUT2D eigenvalue weighted by atomic mass is 10.1. The third-order valence-corrected chi connectivity index (χ3v) is 2.48. The first-order valence-electron chi connectivity index (χ1n) is 5.16. The Morgan fingerprint density at radius 3 is 3.00 bits per heavy atom. The maximum Gasteiger partial charge on any atom is 0.427 e. The smallest absolute Gasteiger partial charge is 0.427 e. The van der Waals surface area contributed by atoms with Crippen molar-refractivity contribution in [3.05, 3.63) is 35.5 Å². The Balaban J connectivity index is 2.29. The second-order valence-corrected chi connectivity index (χ2v) is 3.57. The Labute approximate surface area is 98.5 Å². The van der Waals surface area contributed by atoms with Crippen LogP contribution in [0.4, 0.5) is 4.79 Å². The molecule has 0 atom stereocenters. The Kier molecular flexibility index (Phi) is 3.09. The summed E-state index contributed by atoms with van der Waals surface area (Å²) in [5.74, 6) is 0. The minimum absolute atomic E-state index is 0.584. The van der Waals surface area contributed by atoms with Gasteiger partial charge in [-0.3, -0.25) is 0 Å². The number of carbonyl (C=O) groups excluding carboxylic acids is 1. The molecule has 5 nitrogen and oxygen atoms in total. The highest BCUT2D eigenvalue weighted by Crippen LogP contribution is 2.19. The van der Waals surface area contributed by atoms with Crippen molar-refractivity contribution in [2.75, 3.05) is 7.11 Å². The standard InChI is InChI=1S/C12H13N3O2/c1-8-10(7-13-15-12(16)17-2)9-5-3-4-6-11(9)14-8/h3-7,14H,1-2H3,(H,15,16)/b13-7-. The number of nitrogens with zero attached hydrogens (tertiary/aromatic N) is 1. The Bertz CT molecular complexity index is 572. The second-order valence-electron chi connectivity index (χ2n) is 3.57. The fourth-order valence-electron chi connectivity index (χ4n) is 1.66. The van der Waals surface area contributed by atoms with Crippen LogP contribution >= 0.6 is 0 Å². The van der Waals surface area contributed by atoms with Crippen LogP contribution in [0.1, 0.15) is 11.3 Å². The lowest BCUT2D eigenvalue weighted by molar-refractivity contribution is 0.171. The average molecular weight is 231 g/mol. The zero-order chi connectivity index (χ0) is 12.3. The van der Waals surface area contributed by atoms with E-state index in [0.29, 0.717) is 0 Å². The molecular weight excluding hydrogens is 218 g/mol. The second kappa shape index (κ2) is 4.69. The molecule has 0 aliphatic heterocycles. The lowest BCUT2D eigenvalue weighted by Gasteiger charge is -1.96. The number of ether oxygens (including phenoxy) is 1. The lowest BCUT2D eigenvalue weighted by Crippen LogP contribution is -2.16. The summed E-state index contributed by atoms with van der Waals surface area (Å²) in [5.41, 5.74) is 5.26. The van der Waals surface area contributed by atoms with Gasteiger partial charge in [-0.05, 0) is 13.0 Å². The number of H-pyrrole nitrogens is 1. The van der Waals surface area contributed by atoms with E-state index >= 15 is 0 Å². The number of methoxy groups -OCH3 is 1. The largest absolute Gasteiger partial charge is 0.452 e. The van der Waals surface area contributed by atoms with E-state index < -0.39 is 6.09 Å². The van der Waals surface area contributed by atoms with Crippen molar-refractivity contribution >= 4 is 23.2 Å². The molecular formula is C12H13N3O2. The number of aromatic nitrogens is 1. The maximum absolute atomic E-state index is 10.8. The van der Waals surface area contributed by atoms with Gasteiger partial charge in [-0.1, -0.05) is 18.2 Å². The van der Waals surface area contributed by atoms with Gasteiger partial charge in [-0.25, -0.2) is 10.2 Å². The molecule has 0 saturated heterocycles. The van der Waals surface area contributed by atoms with Gasteiger partial charge in [0.05, 0.1) is 13.3 Å². The van der Waals surface area contributed by atoms with Crippen LogP contribution in [0.25, 0.3) is 10.9 Å². The number of aromatic amines is 1. The van der Waals surface area contributed by atoms with Gasteiger partial charge in [0.25, 0.3) is 0 Å². The summed E-state index contributed by atoms with van der Waals surface area (Å²) in [6.07, 6.45) is 1.02. The van der Waals surface area contributed by atoms with E-state index in [1.165, 1.54) is 7.11 Å². The van der Waals surface area contributed by atoms with E-state index in [1.54, 1.807) is 6.21 Å². The molecule has 1 aromatic carbocycles. The highest BCUT2D eigenvalue weighted by atomic mass is 16.5. The van der Waals surface area contributed by atoms with Crippen molar-refractivity contribution < 1.29 is 9.53 Å². The van der Waals surface area contributed by atoms with E-state index in [9.17, 15) is 4.79 Å². The van der Waals surface area contributed by atoms with Gasteiger partial charge in [0, 0.05) is 22.2 Å². The molecule has 0 saturated carbocycles. The minimum atomic E-state index is -0.584. The average Bonchev–Trinajstić information content (AvgIpc) is 2.66. The van der Waals surface area contributed by atoms with E-state index in [2.05, 4.69) is 20.2 Å². The monoisotopic (exact) mass is 231 g/mol. The molecule has 0 aliphatic rings. The van der Waals surface area contributed by atoms with Crippen molar-refractivity contribution in [3.8, 4) is 0 Å². The highest BCUT2D eigenvalue weighted by molar-refractivity contribution is 6.00. The van der Waals surface area contributed by atoms with Crippen LogP contribution < -0.4 is 5.43 Å². The number of amides is 1. The molecule has 1 aromatic heterocycles. The number of carbonyl (C=O) groups is 1. The zero-order valence-electron chi connectivity index (χ0n) is 9.65. The molecule has 1 heterocycles. The molecule has 17 heavy (non-hydrogen) atoms. The van der Waals surface area contributed by atoms with Crippen LogP contribution in [0.2, 0.25) is 0 Å². The number of nitrogens with one attached hydrogen (secondary N) is 2. The van der Waals surface area contributed by atoms with Gasteiger partial charge in [0.1, 0.15) is 0 Å². The van der Waals surface area contributed by atoms with Crippen LogP contribution in [-0.2, 0) is 4.74 Å². The predicted molar refractivity (Wildman–Crippen MR) is 66.2 cm³/mol. The third-order valence-electron chi connectivity index (χ3n) is 2.48. The zero-order valence-corrected chi connectivity index (χ0v) is 9.65. The van der Waals surface area contributed by atoms with Gasteiger partial charge in [-0.15, -0.1) is 0 Å². The summed E-state index contributed by atoms with van der Waals surface area (Å²) in [6.45, 7) is 1.96. The molecule has 0 spiro atoms. The number of fused-ring (bicyclic) bond motifs is 1. The molecule has 0 radical (unpaired) electrons. The molecule has 0 bridgehead atoms. The van der Waals surface area contributed by atoms with Crippen molar-refractivity contribution in [3.63, 3.8) is 0 Å². The summed E-state index contributed by atoms with van der Waals surface area (Å²) in [5, 5.41) is 4.90. The van der Waals surface area contributed by atoms with Crippen molar-refractivity contribution in [2.24, 2.45) is 5.10 Å². The summed E-state index contributed by atoms with van der Waals surface area (Å²) in [7, 11) is 1.29. The van der Waals surface area contributed by atoms with Gasteiger partial charge in [0.15, 0.2) is 0 Å². The normalized spacial score (nSPS) is 10.9. The molecule has 2 aromatic rings. The topological polar surface area (TPSA) is 66.5 Å². The van der Waals surface area contributed by atoms with Gasteiger partial charge in [0.2, 0.25) is 0 Å². The first-order chi connectivity index (χ1) is 8.22. The summed E-state index contributed by atoms with van der Waals surface area (Å²) >= 11 is 0. The quantitative estimate of drug-likeness (QED) is 0.614. The molecule has 0 fully saturated rings. The molecule has 0 aliphatic carbocycles. The molecule has 2 N–H and O–H groups in total. The van der Waals surface area contributed by atoms with Crippen molar-refractivity contribution in [1.82, 2.24) is 10.4 Å². The van der Waals surface area contributed by atoms with Crippen molar-refractivity contribution in [1.29, 1.82) is 0 Å². The maximum atomic E-state index is 10.8. The SMILES string of the molecule is COC(=O)N/N=C\c1c(C)[nH]c2ccccc12. The first-order valence-corrected chi connectivity index (χ1v) is 5.16. The number of hydrazone groups is 1. The van der Waals surface area contributed by atoms with E-state index in [0.717, 1.165) is 22.2 Å². The molecule has 0 unspecified atom stereocenters. The summed E-state index contributed by atoms with van der Waals surface area (Å²) < 4.78 is 4.42. The van der Waals surface area contributed by atoms with Crippen LogP contribution in [0.5, 0.6) is 0 Å². The first kappa shape index (κ1) is 11.2. The summed E-state index contributed by atoms with van der Waals surface area (Å²) in [6, 6.07) is 7.92. The fourth-order valence-corrected chi connectivity index (χ4v) is 1.66. The van der Waals surface area contributed by atoms with Crippen LogP contribution in [0, 0.1) is 6.92 Å². The van der Waals surface area contributed by atoms with Crippen LogP contribution in [0.15, 0.2) is 29.4 Å². The van der Waals surface area contributed by atoms with Gasteiger partial charge in [-0.2, -0.15) is 5.10 Å². The molecule has 2 rings (SSSR count). The third kappa shape index (κ3) is 2.28. The van der Waals surface area contributed by atoms with E-state index in [-0.39, 0.29) is 0 Å².